The van der Waals surface area contributed by atoms with Gasteiger partial charge in [-0.15, -0.1) is 0 Å². The third kappa shape index (κ3) is 5.19. The van der Waals surface area contributed by atoms with Crippen molar-refractivity contribution >= 4 is 46.5 Å². The maximum atomic E-state index is 12.7. The molecule has 1 aromatic carbocycles. The van der Waals surface area contributed by atoms with Gasteiger partial charge < -0.3 is 15.1 Å². The van der Waals surface area contributed by atoms with Crippen LogP contribution in [0, 0.1) is 5.41 Å². The first-order valence-corrected chi connectivity index (χ1v) is 10.2. The molecule has 1 fully saturated rings. The second kappa shape index (κ2) is 8.59. The zero-order valence-corrected chi connectivity index (χ0v) is 18.2. The lowest BCUT2D eigenvalue weighted by atomic mass is 9.96. The van der Waals surface area contributed by atoms with Gasteiger partial charge in [-0.3, -0.25) is 9.59 Å². The maximum absolute atomic E-state index is 12.7. The predicted octanol–water partition coefficient (Wildman–Crippen LogP) is 4.34. The average molecular weight is 435 g/mol. The molecule has 0 aliphatic carbocycles. The van der Waals surface area contributed by atoms with Gasteiger partial charge in [0, 0.05) is 36.6 Å². The van der Waals surface area contributed by atoms with E-state index < -0.39 is 5.41 Å². The zero-order valence-electron chi connectivity index (χ0n) is 16.7. The summed E-state index contributed by atoms with van der Waals surface area (Å²) in [5.41, 5.74) is 0.663. The Morgan fingerprint density at radius 3 is 2.28 bits per heavy atom. The molecule has 0 unspecified atom stereocenters. The molecule has 1 N–H and O–H groups in total. The normalized spacial score (nSPS) is 14.7. The summed E-state index contributed by atoms with van der Waals surface area (Å²) in [5.74, 6) is 0.662. The lowest BCUT2D eigenvalue weighted by Gasteiger charge is -2.35. The number of nitrogens with zero attached hydrogens (tertiary/aromatic N) is 3. The molecule has 0 saturated carbocycles. The second-order valence-corrected chi connectivity index (χ2v) is 8.86. The van der Waals surface area contributed by atoms with Crippen LogP contribution in [-0.2, 0) is 4.79 Å². The van der Waals surface area contributed by atoms with E-state index in [-0.39, 0.29) is 11.8 Å². The van der Waals surface area contributed by atoms with Gasteiger partial charge in [0.1, 0.15) is 5.82 Å². The number of halogens is 2. The number of amides is 2. The Hall–Kier alpha value is -2.31. The van der Waals surface area contributed by atoms with E-state index in [0.29, 0.717) is 47.5 Å². The van der Waals surface area contributed by atoms with Crippen molar-refractivity contribution in [2.45, 2.75) is 20.8 Å². The Kier molecular flexibility index (Phi) is 6.34. The maximum Gasteiger partial charge on any atom is 0.255 e. The summed E-state index contributed by atoms with van der Waals surface area (Å²) in [6.45, 7) is 8.06. The molecule has 1 aromatic heterocycles. The summed E-state index contributed by atoms with van der Waals surface area (Å²) in [7, 11) is 0. The summed E-state index contributed by atoms with van der Waals surface area (Å²) in [6, 6.07) is 8.63. The van der Waals surface area contributed by atoms with Crippen LogP contribution in [0.15, 0.2) is 36.5 Å². The van der Waals surface area contributed by atoms with Crippen molar-refractivity contribution in [2.24, 2.45) is 5.41 Å². The van der Waals surface area contributed by atoms with Gasteiger partial charge >= 0.3 is 0 Å². The van der Waals surface area contributed by atoms with Crippen molar-refractivity contribution in [1.82, 2.24) is 9.88 Å². The first kappa shape index (κ1) is 21.4. The van der Waals surface area contributed by atoms with Gasteiger partial charge in [-0.1, -0.05) is 44.0 Å². The Labute approximate surface area is 180 Å². The van der Waals surface area contributed by atoms with Crippen molar-refractivity contribution in [1.29, 1.82) is 0 Å². The molecule has 29 heavy (non-hydrogen) atoms. The van der Waals surface area contributed by atoms with Crippen LogP contribution in [0.2, 0.25) is 10.0 Å². The van der Waals surface area contributed by atoms with E-state index in [1.165, 1.54) is 0 Å². The number of pyridine rings is 1. The fourth-order valence-electron chi connectivity index (χ4n) is 2.94. The van der Waals surface area contributed by atoms with Crippen LogP contribution < -0.4 is 10.2 Å². The SMILES string of the molecule is CC(C)(C)C(=O)Nc1ccc(N2CCN(C(=O)c3ccc(Cl)cc3Cl)CC2)nc1. The third-order valence-corrected chi connectivity index (χ3v) is 5.29. The molecule has 1 aliphatic rings. The van der Waals surface area contributed by atoms with Crippen LogP contribution in [0.1, 0.15) is 31.1 Å². The molecule has 8 heteroatoms. The number of carbonyl (C=O) groups excluding carboxylic acids is 2. The van der Waals surface area contributed by atoms with E-state index in [2.05, 4.69) is 15.2 Å². The van der Waals surface area contributed by atoms with Gasteiger partial charge in [-0.05, 0) is 30.3 Å². The highest BCUT2D eigenvalue weighted by atomic mass is 35.5. The van der Waals surface area contributed by atoms with Crippen molar-refractivity contribution in [3.8, 4) is 0 Å². The Morgan fingerprint density at radius 2 is 1.72 bits per heavy atom. The molecule has 0 spiro atoms. The van der Waals surface area contributed by atoms with E-state index in [1.807, 2.05) is 32.9 Å². The van der Waals surface area contributed by atoms with Crippen LogP contribution in [0.4, 0.5) is 11.5 Å². The molecule has 6 nitrogen and oxygen atoms in total. The van der Waals surface area contributed by atoms with E-state index in [4.69, 9.17) is 23.2 Å². The minimum atomic E-state index is -0.464. The summed E-state index contributed by atoms with van der Waals surface area (Å²) in [6.07, 6.45) is 1.66. The minimum absolute atomic E-state index is 0.0555. The smallest absolute Gasteiger partial charge is 0.255 e. The zero-order chi connectivity index (χ0) is 21.2. The largest absolute Gasteiger partial charge is 0.353 e. The summed E-state index contributed by atoms with van der Waals surface area (Å²) in [4.78, 5) is 33.2. The highest BCUT2D eigenvalue weighted by molar-refractivity contribution is 6.36. The molecule has 0 radical (unpaired) electrons. The monoisotopic (exact) mass is 434 g/mol. The molecule has 154 valence electrons. The fourth-order valence-corrected chi connectivity index (χ4v) is 3.43. The van der Waals surface area contributed by atoms with Gasteiger partial charge in [0.15, 0.2) is 0 Å². The number of piperazine rings is 1. The fraction of sp³-hybridized carbons (Fsp3) is 0.381. The topological polar surface area (TPSA) is 65.5 Å². The molecule has 2 heterocycles. The Balaban J connectivity index is 1.59. The number of benzene rings is 1. The molecule has 2 aromatic rings. The number of rotatable bonds is 3. The number of nitrogens with one attached hydrogen (secondary N) is 1. The second-order valence-electron chi connectivity index (χ2n) is 8.01. The van der Waals surface area contributed by atoms with Crippen molar-refractivity contribution in [2.75, 3.05) is 36.4 Å². The van der Waals surface area contributed by atoms with E-state index in [0.717, 1.165) is 5.82 Å². The van der Waals surface area contributed by atoms with Crippen molar-refractivity contribution < 1.29 is 9.59 Å². The average Bonchev–Trinajstić information content (AvgIpc) is 2.67. The minimum Gasteiger partial charge on any atom is -0.353 e. The number of hydrogen-bond acceptors (Lipinski definition) is 4. The number of anilines is 2. The predicted molar refractivity (Wildman–Crippen MR) is 117 cm³/mol. The van der Waals surface area contributed by atoms with Crippen molar-refractivity contribution in [3.63, 3.8) is 0 Å². The van der Waals surface area contributed by atoms with Crippen molar-refractivity contribution in [3.05, 3.63) is 52.1 Å². The van der Waals surface area contributed by atoms with Gasteiger partial charge in [-0.2, -0.15) is 0 Å². The van der Waals surface area contributed by atoms with Crippen LogP contribution in [0.5, 0.6) is 0 Å². The van der Waals surface area contributed by atoms with Crippen LogP contribution in [-0.4, -0.2) is 47.9 Å². The van der Waals surface area contributed by atoms with Gasteiger partial charge in [-0.25, -0.2) is 4.98 Å². The first-order chi connectivity index (χ1) is 13.6. The van der Waals surface area contributed by atoms with Crippen LogP contribution in [0.25, 0.3) is 0 Å². The number of carbonyl (C=O) groups is 2. The summed E-state index contributed by atoms with van der Waals surface area (Å²) >= 11 is 12.1. The van der Waals surface area contributed by atoms with E-state index in [9.17, 15) is 9.59 Å². The molecular weight excluding hydrogens is 411 g/mol. The molecule has 0 atom stereocenters. The molecule has 0 bridgehead atoms. The quantitative estimate of drug-likeness (QED) is 0.779. The lowest BCUT2D eigenvalue weighted by molar-refractivity contribution is -0.123. The van der Waals surface area contributed by atoms with Gasteiger partial charge in [0.2, 0.25) is 5.91 Å². The molecule has 3 rings (SSSR count). The van der Waals surface area contributed by atoms with Crippen LogP contribution in [0.3, 0.4) is 0 Å². The molecular formula is C21H24Cl2N4O2. The van der Waals surface area contributed by atoms with Crippen LogP contribution >= 0.6 is 23.2 Å². The van der Waals surface area contributed by atoms with Gasteiger partial charge in [0.05, 0.1) is 22.5 Å². The van der Waals surface area contributed by atoms with E-state index in [1.54, 1.807) is 29.3 Å². The highest BCUT2D eigenvalue weighted by Gasteiger charge is 2.25. The third-order valence-electron chi connectivity index (χ3n) is 4.74. The first-order valence-electron chi connectivity index (χ1n) is 9.42. The standard InChI is InChI=1S/C21H24Cl2N4O2/c1-21(2,3)20(29)25-15-5-7-18(24-13-15)26-8-10-27(11-9-26)19(28)16-6-4-14(22)12-17(16)23/h4-7,12-13H,8-11H2,1-3H3,(H,25,29). The molecule has 1 aliphatic heterocycles. The molecule has 1 saturated heterocycles. The van der Waals surface area contributed by atoms with E-state index >= 15 is 0 Å². The number of hydrogen-bond donors (Lipinski definition) is 1. The Bertz CT molecular complexity index is 902. The van der Waals surface area contributed by atoms with Gasteiger partial charge in [0.25, 0.3) is 5.91 Å². The summed E-state index contributed by atoms with van der Waals surface area (Å²) < 4.78 is 0. The lowest BCUT2D eigenvalue weighted by Crippen LogP contribution is -2.49. The highest BCUT2D eigenvalue weighted by Crippen LogP contribution is 2.24. The number of aromatic nitrogens is 1. The summed E-state index contributed by atoms with van der Waals surface area (Å²) in [5, 5.41) is 3.73. The Morgan fingerprint density at radius 1 is 1.03 bits per heavy atom. The molecule has 2 amide bonds.